The van der Waals surface area contributed by atoms with Crippen molar-refractivity contribution in [1.29, 1.82) is 0 Å². The number of ether oxygens (including phenoxy) is 1. The lowest BCUT2D eigenvalue weighted by atomic mass is 10.0. The summed E-state index contributed by atoms with van der Waals surface area (Å²) in [6.07, 6.45) is 38.3. The van der Waals surface area contributed by atoms with Crippen molar-refractivity contribution in [3.8, 4) is 0 Å². The van der Waals surface area contributed by atoms with Crippen LogP contribution in [-0.2, 0) is 14.3 Å². The molecule has 0 spiro atoms. The van der Waals surface area contributed by atoms with Crippen LogP contribution in [0.4, 0.5) is 0 Å². The van der Waals surface area contributed by atoms with E-state index in [1.807, 2.05) is 0 Å². The van der Waals surface area contributed by atoms with Gasteiger partial charge in [0, 0.05) is 12.8 Å². The molecule has 244 valence electrons. The standard InChI is InChI=1S/C37H72O4/c1-3-5-7-9-11-13-15-17-19-21-23-25-27-29-31-35(33-34-36(38)39)41-37(40)32-30-28-26-24-22-20-18-16-14-12-10-8-6-4-2/h35H,3-34H2,1-2H3,(H,38,39). The topological polar surface area (TPSA) is 63.6 Å². The average Bonchev–Trinajstić information content (AvgIpc) is 2.96. The second-order valence-corrected chi connectivity index (χ2v) is 12.8. The molecule has 0 bridgehead atoms. The zero-order valence-electron chi connectivity index (χ0n) is 27.9. The quantitative estimate of drug-likeness (QED) is 0.0607. The molecule has 0 rings (SSSR count). The van der Waals surface area contributed by atoms with Crippen molar-refractivity contribution in [2.75, 3.05) is 0 Å². The molecule has 0 aromatic rings. The number of carboxylic acid groups (broad SMARTS) is 1. The van der Waals surface area contributed by atoms with Crippen LogP contribution in [0.1, 0.15) is 219 Å². The number of esters is 1. The van der Waals surface area contributed by atoms with Crippen LogP contribution >= 0.6 is 0 Å². The van der Waals surface area contributed by atoms with Crippen molar-refractivity contribution in [3.63, 3.8) is 0 Å². The van der Waals surface area contributed by atoms with Crippen LogP contribution < -0.4 is 0 Å². The zero-order valence-corrected chi connectivity index (χ0v) is 27.9. The molecule has 1 atom stereocenters. The number of unbranched alkanes of at least 4 members (excludes halogenated alkanes) is 26. The first-order valence-electron chi connectivity index (χ1n) is 18.5. The summed E-state index contributed by atoms with van der Waals surface area (Å²) in [7, 11) is 0. The van der Waals surface area contributed by atoms with E-state index in [0.717, 1.165) is 32.1 Å². The van der Waals surface area contributed by atoms with Crippen molar-refractivity contribution in [2.24, 2.45) is 0 Å². The molecule has 0 aliphatic heterocycles. The maximum atomic E-state index is 12.4. The Kier molecular flexibility index (Phi) is 32.6. The van der Waals surface area contributed by atoms with Gasteiger partial charge in [-0.1, -0.05) is 181 Å². The maximum Gasteiger partial charge on any atom is 0.306 e. The fraction of sp³-hybridized carbons (Fsp3) is 0.946. The highest BCUT2D eigenvalue weighted by Crippen LogP contribution is 2.18. The normalized spacial score (nSPS) is 12.0. The van der Waals surface area contributed by atoms with E-state index in [1.54, 1.807) is 0 Å². The highest BCUT2D eigenvalue weighted by molar-refractivity contribution is 5.69. The number of aliphatic carboxylic acids is 1. The summed E-state index contributed by atoms with van der Waals surface area (Å²) >= 11 is 0. The molecule has 1 unspecified atom stereocenters. The smallest absolute Gasteiger partial charge is 0.306 e. The van der Waals surface area contributed by atoms with Crippen molar-refractivity contribution < 1.29 is 19.4 Å². The first-order valence-corrected chi connectivity index (χ1v) is 18.5. The maximum absolute atomic E-state index is 12.4. The first kappa shape index (κ1) is 39.9. The molecule has 0 aliphatic rings. The summed E-state index contributed by atoms with van der Waals surface area (Å²) in [6.45, 7) is 4.55. The fourth-order valence-electron chi connectivity index (χ4n) is 5.82. The van der Waals surface area contributed by atoms with E-state index >= 15 is 0 Å². The van der Waals surface area contributed by atoms with Crippen molar-refractivity contribution >= 4 is 11.9 Å². The summed E-state index contributed by atoms with van der Waals surface area (Å²) in [6, 6.07) is 0. The van der Waals surface area contributed by atoms with E-state index in [9.17, 15) is 9.59 Å². The zero-order chi connectivity index (χ0) is 30.1. The summed E-state index contributed by atoms with van der Waals surface area (Å²) < 4.78 is 5.73. The number of carbonyl (C=O) groups excluding carboxylic acids is 1. The van der Waals surface area contributed by atoms with Crippen LogP contribution in [0.3, 0.4) is 0 Å². The molecule has 0 radical (unpaired) electrons. The highest BCUT2D eigenvalue weighted by Gasteiger charge is 2.16. The second kappa shape index (κ2) is 33.4. The summed E-state index contributed by atoms with van der Waals surface area (Å²) in [5.74, 6) is -0.941. The Morgan fingerprint density at radius 1 is 0.439 bits per heavy atom. The number of carboxylic acids is 1. The predicted molar refractivity (Wildman–Crippen MR) is 177 cm³/mol. The molecule has 0 saturated carbocycles. The minimum atomic E-state index is -0.806. The lowest BCUT2D eigenvalue weighted by Gasteiger charge is -2.17. The lowest BCUT2D eigenvalue weighted by molar-refractivity contribution is -0.151. The number of carbonyl (C=O) groups is 2. The van der Waals surface area contributed by atoms with Crippen LogP contribution in [0.15, 0.2) is 0 Å². The van der Waals surface area contributed by atoms with Gasteiger partial charge in [0.05, 0.1) is 0 Å². The first-order chi connectivity index (χ1) is 20.1. The second-order valence-electron chi connectivity index (χ2n) is 12.8. The lowest BCUT2D eigenvalue weighted by Crippen LogP contribution is -2.19. The van der Waals surface area contributed by atoms with Gasteiger partial charge in [0.15, 0.2) is 0 Å². The number of hydrogen-bond acceptors (Lipinski definition) is 3. The van der Waals surface area contributed by atoms with E-state index in [1.165, 1.54) is 154 Å². The monoisotopic (exact) mass is 581 g/mol. The summed E-state index contributed by atoms with van der Waals surface area (Å²) in [5.41, 5.74) is 0. The number of rotatable bonds is 34. The third-order valence-electron chi connectivity index (χ3n) is 8.59. The van der Waals surface area contributed by atoms with Crippen LogP contribution in [0.5, 0.6) is 0 Å². The van der Waals surface area contributed by atoms with E-state index in [-0.39, 0.29) is 18.5 Å². The van der Waals surface area contributed by atoms with Gasteiger partial charge in [-0.25, -0.2) is 0 Å². The Hall–Kier alpha value is -1.06. The van der Waals surface area contributed by atoms with Gasteiger partial charge in [0.2, 0.25) is 0 Å². The molecule has 41 heavy (non-hydrogen) atoms. The molecule has 0 aromatic carbocycles. The van der Waals surface area contributed by atoms with Crippen molar-refractivity contribution in [2.45, 2.75) is 225 Å². The van der Waals surface area contributed by atoms with Crippen LogP contribution in [0, 0.1) is 0 Å². The minimum Gasteiger partial charge on any atom is -0.481 e. The Bertz CT molecular complexity index is 547. The molecule has 0 aliphatic carbocycles. The Labute approximate surface area is 256 Å². The van der Waals surface area contributed by atoms with Crippen LogP contribution in [-0.4, -0.2) is 23.1 Å². The molecule has 0 aromatic heterocycles. The van der Waals surface area contributed by atoms with Gasteiger partial charge in [-0.3, -0.25) is 9.59 Å². The Balaban J connectivity index is 3.71. The molecule has 1 N–H and O–H groups in total. The van der Waals surface area contributed by atoms with E-state index in [4.69, 9.17) is 9.84 Å². The van der Waals surface area contributed by atoms with Gasteiger partial charge in [-0.05, 0) is 25.7 Å². The fourth-order valence-corrected chi connectivity index (χ4v) is 5.82. The molecule has 4 nitrogen and oxygen atoms in total. The SMILES string of the molecule is CCCCCCCCCCCCCCCCC(=O)OC(CCCCCCCCCCCCCCCC)CCC(=O)O. The third kappa shape index (κ3) is 33.3. The molecular weight excluding hydrogens is 508 g/mol. The molecule has 0 saturated heterocycles. The van der Waals surface area contributed by atoms with Crippen LogP contribution in [0.2, 0.25) is 0 Å². The third-order valence-corrected chi connectivity index (χ3v) is 8.59. The van der Waals surface area contributed by atoms with Gasteiger partial charge >= 0.3 is 11.9 Å². The average molecular weight is 581 g/mol. The van der Waals surface area contributed by atoms with Gasteiger partial charge in [0.25, 0.3) is 0 Å². The minimum absolute atomic E-state index is 0.0788. The Morgan fingerprint density at radius 2 is 0.756 bits per heavy atom. The van der Waals surface area contributed by atoms with E-state index in [0.29, 0.717) is 12.8 Å². The van der Waals surface area contributed by atoms with Gasteiger partial charge in [-0.2, -0.15) is 0 Å². The summed E-state index contributed by atoms with van der Waals surface area (Å²) in [4.78, 5) is 23.5. The summed E-state index contributed by atoms with van der Waals surface area (Å²) in [5, 5.41) is 9.09. The van der Waals surface area contributed by atoms with Crippen molar-refractivity contribution in [3.05, 3.63) is 0 Å². The number of hydrogen-bond donors (Lipinski definition) is 1. The van der Waals surface area contributed by atoms with Gasteiger partial charge in [-0.15, -0.1) is 0 Å². The van der Waals surface area contributed by atoms with Gasteiger partial charge in [0.1, 0.15) is 6.10 Å². The molecule has 0 heterocycles. The molecule has 0 amide bonds. The van der Waals surface area contributed by atoms with Crippen LogP contribution in [0.25, 0.3) is 0 Å². The van der Waals surface area contributed by atoms with Crippen molar-refractivity contribution in [1.82, 2.24) is 0 Å². The highest BCUT2D eigenvalue weighted by atomic mass is 16.5. The molecular formula is C37H72O4. The van der Waals surface area contributed by atoms with Gasteiger partial charge < -0.3 is 9.84 Å². The largest absolute Gasteiger partial charge is 0.481 e. The Morgan fingerprint density at radius 3 is 1.10 bits per heavy atom. The molecule has 4 heteroatoms. The molecule has 0 fully saturated rings. The van der Waals surface area contributed by atoms with E-state index < -0.39 is 5.97 Å². The van der Waals surface area contributed by atoms with E-state index in [2.05, 4.69) is 13.8 Å². The predicted octanol–water partition coefficient (Wildman–Crippen LogP) is 12.5.